The maximum atomic E-state index is 12.8. The molecular formula is C15H23BrN2O2S. The van der Waals surface area contributed by atoms with E-state index in [-0.39, 0.29) is 0 Å². The highest BCUT2D eigenvalue weighted by atomic mass is 79.9. The Morgan fingerprint density at radius 1 is 1.33 bits per heavy atom. The first-order valence-electron chi connectivity index (χ1n) is 7.42. The lowest BCUT2D eigenvalue weighted by molar-refractivity contribution is 0.294. The summed E-state index contributed by atoms with van der Waals surface area (Å²) in [5.41, 5.74) is 0.939. The highest BCUT2D eigenvalue weighted by molar-refractivity contribution is 9.10. The number of hydrogen-bond donors (Lipinski definition) is 1. The quantitative estimate of drug-likeness (QED) is 0.861. The largest absolute Gasteiger partial charge is 0.317 e. The molecule has 0 amide bonds. The number of hydrogen-bond acceptors (Lipinski definition) is 3. The summed E-state index contributed by atoms with van der Waals surface area (Å²) in [7, 11) is -3.40. The van der Waals surface area contributed by atoms with Crippen molar-refractivity contribution in [2.45, 2.75) is 31.6 Å². The van der Waals surface area contributed by atoms with Gasteiger partial charge in [-0.05, 0) is 62.5 Å². The molecule has 1 aliphatic heterocycles. The fourth-order valence-corrected chi connectivity index (χ4v) is 4.53. The van der Waals surface area contributed by atoms with Crippen molar-refractivity contribution in [1.29, 1.82) is 0 Å². The molecule has 1 aromatic carbocycles. The molecule has 0 spiro atoms. The minimum absolute atomic E-state index is 0.388. The average Bonchev–Trinajstić information content (AvgIpc) is 2.48. The van der Waals surface area contributed by atoms with Crippen LogP contribution < -0.4 is 5.32 Å². The Morgan fingerprint density at radius 2 is 2.00 bits per heavy atom. The Labute approximate surface area is 136 Å². The van der Waals surface area contributed by atoms with Gasteiger partial charge in [0.2, 0.25) is 10.0 Å². The van der Waals surface area contributed by atoms with E-state index in [1.165, 1.54) is 0 Å². The smallest absolute Gasteiger partial charge is 0.243 e. The molecule has 1 aliphatic rings. The number of nitrogens with one attached hydrogen (secondary N) is 1. The van der Waals surface area contributed by atoms with E-state index in [9.17, 15) is 8.42 Å². The second-order valence-corrected chi connectivity index (χ2v) is 8.35. The van der Waals surface area contributed by atoms with Gasteiger partial charge in [0.1, 0.15) is 0 Å². The zero-order valence-corrected chi connectivity index (χ0v) is 15.0. The molecular weight excluding hydrogens is 352 g/mol. The number of sulfonamides is 1. The van der Waals surface area contributed by atoms with Gasteiger partial charge in [0, 0.05) is 17.6 Å². The minimum Gasteiger partial charge on any atom is -0.317 e. The molecule has 118 valence electrons. The van der Waals surface area contributed by atoms with Crippen molar-refractivity contribution in [3.8, 4) is 0 Å². The van der Waals surface area contributed by atoms with Gasteiger partial charge in [0.05, 0.1) is 4.90 Å². The van der Waals surface area contributed by atoms with Crippen molar-refractivity contribution in [2.75, 3.05) is 26.2 Å². The van der Waals surface area contributed by atoms with E-state index >= 15 is 0 Å². The summed E-state index contributed by atoms with van der Waals surface area (Å²) in [6.45, 7) is 6.92. The lowest BCUT2D eigenvalue weighted by atomic mass is 9.98. The number of aryl methyl sites for hydroxylation is 1. The molecule has 2 rings (SSSR count). The average molecular weight is 375 g/mol. The van der Waals surface area contributed by atoms with Crippen molar-refractivity contribution in [1.82, 2.24) is 9.62 Å². The fourth-order valence-electron chi connectivity index (χ4n) is 2.68. The van der Waals surface area contributed by atoms with Crippen LogP contribution in [0.3, 0.4) is 0 Å². The summed E-state index contributed by atoms with van der Waals surface area (Å²) >= 11 is 3.41. The zero-order valence-electron chi connectivity index (χ0n) is 12.6. The molecule has 0 aliphatic carbocycles. The molecule has 0 atom stereocenters. The molecule has 4 nitrogen and oxygen atoms in total. The Hall–Kier alpha value is -0.430. The van der Waals surface area contributed by atoms with Gasteiger partial charge in [-0.15, -0.1) is 0 Å². The van der Waals surface area contributed by atoms with Gasteiger partial charge in [-0.2, -0.15) is 4.31 Å². The first kappa shape index (κ1) is 16.9. The maximum absolute atomic E-state index is 12.8. The Bertz CT molecular complexity index is 583. The summed E-state index contributed by atoms with van der Waals surface area (Å²) in [4.78, 5) is 0.388. The summed E-state index contributed by atoms with van der Waals surface area (Å²) < 4.78 is 28.1. The van der Waals surface area contributed by atoms with Gasteiger partial charge in [-0.1, -0.05) is 22.9 Å². The molecule has 21 heavy (non-hydrogen) atoms. The third kappa shape index (κ3) is 4.06. The predicted molar refractivity (Wildman–Crippen MR) is 88.9 cm³/mol. The number of halogens is 1. The second kappa shape index (κ2) is 7.22. The van der Waals surface area contributed by atoms with Crippen molar-refractivity contribution in [2.24, 2.45) is 5.92 Å². The van der Waals surface area contributed by atoms with Gasteiger partial charge < -0.3 is 5.32 Å². The Kier molecular flexibility index (Phi) is 5.82. The van der Waals surface area contributed by atoms with Crippen LogP contribution in [-0.4, -0.2) is 38.9 Å². The lowest BCUT2D eigenvalue weighted by Gasteiger charge is -2.29. The van der Waals surface area contributed by atoms with E-state index in [0.717, 1.165) is 36.0 Å². The zero-order chi connectivity index (χ0) is 15.5. The molecule has 1 heterocycles. The summed E-state index contributed by atoms with van der Waals surface area (Å²) in [6.07, 6.45) is 2.09. The Balaban J connectivity index is 2.19. The van der Waals surface area contributed by atoms with Crippen LogP contribution in [0.15, 0.2) is 27.6 Å². The van der Waals surface area contributed by atoms with E-state index in [1.54, 1.807) is 22.5 Å². The third-order valence-corrected chi connectivity index (χ3v) is 6.87. The number of nitrogens with zero attached hydrogens (tertiary/aromatic N) is 1. The molecule has 0 radical (unpaired) electrons. The van der Waals surface area contributed by atoms with Gasteiger partial charge >= 0.3 is 0 Å². The van der Waals surface area contributed by atoms with Crippen LogP contribution in [-0.2, 0) is 10.0 Å². The molecule has 0 unspecified atom stereocenters. The first-order chi connectivity index (χ1) is 9.95. The number of benzene rings is 1. The van der Waals surface area contributed by atoms with Gasteiger partial charge in [0.15, 0.2) is 0 Å². The van der Waals surface area contributed by atoms with E-state index in [2.05, 4.69) is 21.2 Å². The van der Waals surface area contributed by atoms with E-state index in [1.807, 2.05) is 13.8 Å². The SMILES string of the molecule is CCN(CC1CCNCC1)S(=O)(=O)c1ccc(Br)c(C)c1. The van der Waals surface area contributed by atoms with Gasteiger partial charge in [0.25, 0.3) is 0 Å². The fraction of sp³-hybridized carbons (Fsp3) is 0.600. The van der Waals surface area contributed by atoms with Crippen molar-refractivity contribution >= 4 is 26.0 Å². The minimum atomic E-state index is -3.40. The second-order valence-electron chi connectivity index (χ2n) is 5.56. The third-order valence-electron chi connectivity index (χ3n) is 4.04. The molecule has 1 N–H and O–H groups in total. The van der Waals surface area contributed by atoms with Gasteiger partial charge in [-0.3, -0.25) is 0 Å². The van der Waals surface area contributed by atoms with E-state index in [0.29, 0.717) is 23.9 Å². The van der Waals surface area contributed by atoms with Crippen LogP contribution in [0.4, 0.5) is 0 Å². The standard InChI is InChI=1S/C15H23BrN2O2S/c1-3-18(11-13-6-8-17-9-7-13)21(19,20)14-4-5-15(16)12(2)10-14/h4-5,10,13,17H,3,6-9,11H2,1-2H3. The normalized spacial score (nSPS) is 17.3. The lowest BCUT2D eigenvalue weighted by Crippen LogP contribution is -2.39. The monoisotopic (exact) mass is 374 g/mol. The van der Waals surface area contributed by atoms with Crippen molar-refractivity contribution in [3.05, 3.63) is 28.2 Å². The molecule has 0 bridgehead atoms. The molecule has 1 fully saturated rings. The van der Waals surface area contributed by atoms with Crippen LogP contribution in [0.2, 0.25) is 0 Å². The molecule has 6 heteroatoms. The van der Waals surface area contributed by atoms with E-state index in [4.69, 9.17) is 0 Å². The number of piperidine rings is 1. The maximum Gasteiger partial charge on any atom is 0.243 e. The molecule has 0 aromatic heterocycles. The highest BCUT2D eigenvalue weighted by Gasteiger charge is 2.26. The van der Waals surface area contributed by atoms with Gasteiger partial charge in [-0.25, -0.2) is 8.42 Å². The topological polar surface area (TPSA) is 49.4 Å². The first-order valence-corrected chi connectivity index (χ1v) is 9.65. The molecule has 0 saturated carbocycles. The highest BCUT2D eigenvalue weighted by Crippen LogP contribution is 2.24. The summed E-state index contributed by atoms with van der Waals surface area (Å²) in [5.74, 6) is 0.456. The molecule has 1 aromatic rings. The van der Waals surface area contributed by atoms with Crippen LogP contribution in [0.5, 0.6) is 0 Å². The van der Waals surface area contributed by atoms with Crippen LogP contribution >= 0.6 is 15.9 Å². The predicted octanol–water partition coefficient (Wildman–Crippen LogP) is 2.77. The van der Waals surface area contributed by atoms with Crippen LogP contribution in [0, 0.1) is 12.8 Å². The van der Waals surface area contributed by atoms with Crippen LogP contribution in [0.25, 0.3) is 0 Å². The number of rotatable bonds is 5. The van der Waals surface area contributed by atoms with Crippen molar-refractivity contribution in [3.63, 3.8) is 0 Å². The summed E-state index contributed by atoms with van der Waals surface area (Å²) in [6, 6.07) is 5.22. The Morgan fingerprint density at radius 3 is 2.57 bits per heavy atom. The van der Waals surface area contributed by atoms with Crippen LogP contribution in [0.1, 0.15) is 25.3 Å². The van der Waals surface area contributed by atoms with E-state index < -0.39 is 10.0 Å². The molecule has 1 saturated heterocycles. The van der Waals surface area contributed by atoms with Crippen molar-refractivity contribution < 1.29 is 8.42 Å². The summed E-state index contributed by atoms with van der Waals surface area (Å²) in [5, 5.41) is 3.32.